The van der Waals surface area contributed by atoms with E-state index >= 15 is 0 Å². The van der Waals surface area contributed by atoms with Crippen molar-refractivity contribution in [2.45, 2.75) is 13.5 Å². The maximum atomic E-state index is 12.9. The zero-order chi connectivity index (χ0) is 19.5. The number of aromatic nitrogens is 1. The molecule has 146 valence electrons. The number of carbonyl (C=O) groups excluding carboxylic acids is 1. The predicted molar refractivity (Wildman–Crippen MR) is 111 cm³/mol. The zero-order valence-corrected chi connectivity index (χ0v) is 16.9. The molecule has 0 atom stereocenters. The topological polar surface area (TPSA) is 54.9 Å². The number of benzene rings is 2. The molecule has 1 aromatic heterocycles. The first-order valence-electron chi connectivity index (χ1n) is 9.37. The second-order valence-corrected chi connectivity index (χ2v) is 7.76. The van der Waals surface area contributed by atoms with E-state index in [9.17, 15) is 4.79 Å². The maximum Gasteiger partial charge on any atom is 0.242 e. The molecule has 0 N–H and O–H groups in total. The lowest BCUT2D eigenvalue weighted by Crippen LogP contribution is -2.38. The molecular formula is C21H23N3O3S. The van der Waals surface area contributed by atoms with Gasteiger partial charge in [0.1, 0.15) is 13.2 Å². The molecule has 28 heavy (non-hydrogen) atoms. The van der Waals surface area contributed by atoms with Gasteiger partial charge in [-0.05, 0) is 43.8 Å². The van der Waals surface area contributed by atoms with Gasteiger partial charge in [0, 0.05) is 13.1 Å². The molecule has 0 spiro atoms. The molecule has 7 heteroatoms. The fraction of sp³-hybridized carbons (Fsp3) is 0.333. The summed E-state index contributed by atoms with van der Waals surface area (Å²) in [5, 5.41) is 0.751. The summed E-state index contributed by atoms with van der Waals surface area (Å²) in [5.41, 5.74) is 2.01. The third-order valence-corrected chi connectivity index (χ3v) is 5.65. The molecule has 0 aliphatic carbocycles. The van der Waals surface area contributed by atoms with Gasteiger partial charge in [-0.25, -0.2) is 4.98 Å². The number of rotatable bonds is 6. The molecule has 1 amide bonds. The molecule has 0 unspecified atom stereocenters. The van der Waals surface area contributed by atoms with Crippen LogP contribution in [0.3, 0.4) is 0 Å². The predicted octanol–water partition coefficient (Wildman–Crippen LogP) is 3.55. The smallest absolute Gasteiger partial charge is 0.242 e. The first kappa shape index (κ1) is 18.7. The van der Waals surface area contributed by atoms with Crippen molar-refractivity contribution in [1.29, 1.82) is 0 Å². The van der Waals surface area contributed by atoms with Crippen LogP contribution in [0.1, 0.15) is 12.5 Å². The summed E-state index contributed by atoms with van der Waals surface area (Å²) >= 11 is 1.55. The molecule has 3 aromatic rings. The number of amides is 1. The van der Waals surface area contributed by atoms with Crippen molar-refractivity contribution in [3.63, 3.8) is 0 Å². The van der Waals surface area contributed by atoms with Crippen LogP contribution < -0.4 is 14.4 Å². The number of hydrogen-bond acceptors (Lipinski definition) is 6. The summed E-state index contributed by atoms with van der Waals surface area (Å²) in [6.07, 6.45) is 0. The van der Waals surface area contributed by atoms with Crippen LogP contribution in [-0.4, -0.2) is 49.1 Å². The Hall–Kier alpha value is -2.64. The fourth-order valence-corrected chi connectivity index (χ4v) is 4.31. The quantitative estimate of drug-likeness (QED) is 0.637. The molecule has 0 saturated heterocycles. The Morgan fingerprint density at radius 1 is 1.14 bits per heavy atom. The second-order valence-electron chi connectivity index (χ2n) is 6.75. The van der Waals surface area contributed by atoms with Crippen molar-refractivity contribution in [1.82, 2.24) is 9.88 Å². The minimum absolute atomic E-state index is 0.0431. The van der Waals surface area contributed by atoms with Crippen molar-refractivity contribution in [2.75, 3.05) is 38.3 Å². The van der Waals surface area contributed by atoms with Crippen molar-refractivity contribution >= 4 is 32.6 Å². The van der Waals surface area contributed by atoms with E-state index in [0.717, 1.165) is 32.4 Å². The van der Waals surface area contributed by atoms with Crippen molar-refractivity contribution in [3.05, 3.63) is 48.0 Å². The second kappa shape index (κ2) is 8.16. The molecule has 4 rings (SSSR count). The van der Waals surface area contributed by atoms with Crippen LogP contribution in [0.5, 0.6) is 11.5 Å². The number of thiazole rings is 1. The van der Waals surface area contributed by atoms with Crippen LogP contribution >= 0.6 is 11.3 Å². The van der Waals surface area contributed by atoms with E-state index in [4.69, 9.17) is 9.47 Å². The highest BCUT2D eigenvalue weighted by molar-refractivity contribution is 7.22. The van der Waals surface area contributed by atoms with Gasteiger partial charge in [0.25, 0.3) is 0 Å². The maximum absolute atomic E-state index is 12.9. The van der Waals surface area contributed by atoms with Crippen LogP contribution in [0.25, 0.3) is 10.2 Å². The molecule has 0 saturated carbocycles. The van der Waals surface area contributed by atoms with Gasteiger partial charge in [-0.3, -0.25) is 14.6 Å². The van der Waals surface area contributed by atoms with Gasteiger partial charge in [-0.1, -0.05) is 29.5 Å². The number of nitrogens with zero attached hydrogens (tertiary/aromatic N) is 3. The molecule has 6 nitrogen and oxygen atoms in total. The number of anilines is 1. The summed E-state index contributed by atoms with van der Waals surface area (Å²) in [6, 6.07) is 13.9. The Labute approximate surface area is 168 Å². The van der Waals surface area contributed by atoms with Gasteiger partial charge >= 0.3 is 0 Å². The fourth-order valence-electron chi connectivity index (χ4n) is 3.26. The highest BCUT2D eigenvalue weighted by Gasteiger charge is 2.20. The average molecular weight is 398 g/mol. The van der Waals surface area contributed by atoms with Crippen LogP contribution in [-0.2, 0) is 11.3 Å². The van der Waals surface area contributed by atoms with E-state index in [1.54, 1.807) is 16.2 Å². The Balaban J connectivity index is 1.42. The summed E-state index contributed by atoms with van der Waals surface area (Å²) in [4.78, 5) is 21.3. The van der Waals surface area contributed by atoms with E-state index in [1.165, 1.54) is 0 Å². The summed E-state index contributed by atoms with van der Waals surface area (Å²) in [5.74, 6) is 1.59. The molecule has 0 radical (unpaired) electrons. The van der Waals surface area contributed by atoms with E-state index < -0.39 is 0 Å². The average Bonchev–Trinajstić information content (AvgIpc) is 3.12. The molecule has 0 bridgehead atoms. The summed E-state index contributed by atoms with van der Waals surface area (Å²) in [7, 11) is 1.95. The van der Waals surface area contributed by atoms with Gasteiger partial charge in [-0.2, -0.15) is 0 Å². The number of para-hydroxylation sites is 1. The minimum Gasteiger partial charge on any atom is -0.486 e. The van der Waals surface area contributed by atoms with Gasteiger partial charge in [0.05, 0.1) is 16.8 Å². The SMILES string of the molecule is CCN(C(=O)CN(C)Cc1ccc2c(c1)OCCO2)c1nc2ccccc2s1. The number of likely N-dealkylation sites (N-methyl/N-ethyl adjacent to an activating group) is 2. The minimum atomic E-state index is 0.0431. The van der Waals surface area contributed by atoms with Crippen molar-refractivity contribution < 1.29 is 14.3 Å². The zero-order valence-electron chi connectivity index (χ0n) is 16.1. The number of hydrogen-bond donors (Lipinski definition) is 0. The summed E-state index contributed by atoms with van der Waals surface area (Å²) in [6.45, 7) is 4.69. The lowest BCUT2D eigenvalue weighted by atomic mass is 10.2. The van der Waals surface area contributed by atoms with Crippen LogP contribution in [0.15, 0.2) is 42.5 Å². The molecule has 0 fully saturated rings. The van der Waals surface area contributed by atoms with Gasteiger partial charge in [-0.15, -0.1) is 0 Å². The third kappa shape index (κ3) is 3.95. The molecular weight excluding hydrogens is 374 g/mol. The van der Waals surface area contributed by atoms with Gasteiger partial charge < -0.3 is 9.47 Å². The number of ether oxygens (including phenoxy) is 2. The first-order chi connectivity index (χ1) is 13.6. The van der Waals surface area contributed by atoms with E-state index in [1.807, 2.05) is 61.3 Å². The van der Waals surface area contributed by atoms with Crippen molar-refractivity contribution in [3.8, 4) is 11.5 Å². The van der Waals surface area contributed by atoms with Crippen LogP contribution in [0, 0.1) is 0 Å². The monoisotopic (exact) mass is 397 g/mol. The number of fused-ring (bicyclic) bond motifs is 2. The van der Waals surface area contributed by atoms with Gasteiger partial charge in [0.2, 0.25) is 5.91 Å². The third-order valence-electron chi connectivity index (χ3n) is 4.60. The van der Waals surface area contributed by atoms with E-state index in [2.05, 4.69) is 4.98 Å². The lowest BCUT2D eigenvalue weighted by molar-refractivity contribution is -0.119. The molecule has 1 aliphatic rings. The Bertz CT molecular complexity index is 955. The molecule has 1 aliphatic heterocycles. The standard InChI is InChI=1S/C21H23N3O3S/c1-3-24(21-22-16-6-4-5-7-19(16)28-21)20(25)14-23(2)13-15-8-9-17-18(12-15)27-11-10-26-17/h4-9,12H,3,10-11,13-14H2,1-2H3. The van der Waals surface area contributed by atoms with Crippen LogP contribution in [0.4, 0.5) is 5.13 Å². The normalized spacial score (nSPS) is 13.1. The highest BCUT2D eigenvalue weighted by atomic mass is 32.1. The Kier molecular flexibility index (Phi) is 5.45. The first-order valence-corrected chi connectivity index (χ1v) is 10.2. The van der Waals surface area contributed by atoms with Crippen molar-refractivity contribution in [2.24, 2.45) is 0 Å². The summed E-state index contributed by atoms with van der Waals surface area (Å²) < 4.78 is 12.3. The van der Waals surface area contributed by atoms with E-state index in [-0.39, 0.29) is 5.91 Å². The van der Waals surface area contributed by atoms with E-state index in [0.29, 0.717) is 32.8 Å². The largest absolute Gasteiger partial charge is 0.486 e. The van der Waals surface area contributed by atoms with Crippen LogP contribution in [0.2, 0.25) is 0 Å². The molecule has 2 heterocycles. The molecule has 2 aromatic carbocycles. The van der Waals surface area contributed by atoms with Gasteiger partial charge in [0.15, 0.2) is 16.6 Å². The number of carbonyl (C=O) groups is 1. The Morgan fingerprint density at radius 2 is 1.93 bits per heavy atom. The lowest BCUT2D eigenvalue weighted by Gasteiger charge is -2.23. The Morgan fingerprint density at radius 3 is 2.71 bits per heavy atom. The highest BCUT2D eigenvalue weighted by Crippen LogP contribution is 2.31.